The van der Waals surface area contributed by atoms with Crippen molar-refractivity contribution in [3.63, 3.8) is 0 Å². The van der Waals surface area contributed by atoms with Crippen LogP contribution < -0.4 is 5.32 Å². The Kier molecular flexibility index (Phi) is 4.24. The zero-order valence-electron chi connectivity index (χ0n) is 11.2. The molecule has 1 amide bonds. The Morgan fingerprint density at radius 3 is 2.79 bits per heavy atom. The van der Waals surface area contributed by atoms with Crippen LogP contribution in [-0.2, 0) is 17.6 Å². The number of aliphatic carboxylic acids is 1. The van der Waals surface area contributed by atoms with Gasteiger partial charge in [0.05, 0.1) is 4.88 Å². The Labute approximate surface area is 116 Å². The number of nitrogens with one attached hydrogen (secondary N) is 1. The van der Waals surface area contributed by atoms with E-state index in [1.807, 2.05) is 19.9 Å². The van der Waals surface area contributed by atoms with Crippen LogP contribution in [0.25, 0.3) is 0 Å². The number of aryl methyl sites for hydroxylation is 2. The number of thiophene rings is 1. The molecule has 0 aliphatic heterocycles. The molecule has 0 fully saturated rings. The van der Waals surface area contributed by atoms with Crippen molar-refractivity contribution in [3.8, 4) is 0 Å². The summed E-state index contributed by atoms with van der Waals surface area (Å²) < 4.78 is 0. The molecule has 2 rings (SSSR count). The second-order valence-electron chi connectivity index (χ2n) is 5.09. The summed E-state index contributed by atoms with van der Waals surface area (Å²) in [6, 6.07) is 1.10. The van der Waals surface area contributed by atoms with Crippen LogP contribution >= 0.6 is 11.3 Å². The molecule has 104 valence electrons. The number of rotatable bonds is 5. The molecule has 19 heavy (non-hydrogen) atoms. The van der Waals surface area contributed by atoms with E-state index >= 15 is 0 Å². The first kappa shape index (κ1) is 14.1. The molecule has 0 saturated heterocycles. The Morgan fingerprint density at radius 1 is 1.47 bits per heavy atom. The molecule has 4 nitrogen and oxygen atoms in total. The van der Waals surface area contributed by atoms with E-state index in [9.17, 15) is 14.7 Å². The molecule has 0 bridgehead atoms. The van der Waals surface area contributed by atoms with Crippen LogP contribution in [0.15, 0.2) is 6.07 Å². The third-order valence-electron chi connectivity index (χ3n) is 3.74. The molecular weight excluding hydrogens is 262 g/mol. The van der Waals surface area contributed by atoms with Crippen molar-refractivity contribution in [2.45, 2.75) is 45.6 Å². The summed E-state index contributed by atoms with van der Waals surface area (Å²) in [5, 5.41) is 11.8. The summed E-state index contributed by atoms with van der Waals surface area (Å²) in [7, 11) is 0. The van der Waals surface area contributed by atoms with Gasteiger partial charge in [0, 0.05) is 4.88 Å². The Hall–Kier alpha value is -1.36. The predicted molar refractivity (Wildman–Crippen MR) is 74.7 cm³/mol. The van der Waals surface area contributed by atoms with Gasteiger partial charge in [-0.1, -0.05) is 20.3 Å². The van der Waals surface area contributed by atoms with E-state index in [1.54, 1.807) is 0 Å². The lowest BCUT2D eigenvalue weighted by atomic mass is 9.99. The molecule has 1 heterocycles. The summed E-state index contributed by atoms with van der Waals surface area (Å²) in [6.45, 7) is 3.76. The van der Waals surface area contributed by atoms with E-state index in [0.717, 1.165) is 25.7 Å². The van der Waals surface area contributed by atoms with E-state index in [2.05, 4.69) is 5.32 Å². The number of amides is 1. The summed E-state index contributed by atoms with van der Waals surface area (Å²) in [5.74, 6) is -1.30. The fourth-order valence-corrected chi connectivity index (χ4v) is 3.49. The fraction of sp³-hybridized carbons (Fsp3) is 0.571. The van der Waals surface area contributed by atoms with Crippen molar-refractivity contribution in [3.05, 3.63) is 21.4 Å². The summed E-state index contributed by atoms with van der Waals surface area (Å²) in [4.78, 5) is 25.2. The average molecular weight is 281 g/mol. The second-order valence-corrected chi connectivity index (χ2v) is 6.22. The predicted octanol–water partition coefficient (Wildman–Crippen LogP) is 2.47. The third kappa shape index (κ3) is 2.97. The third-order valence-corrected chi connectivity index (χ3v) is 4.97. The standard InChI is InChI=1S/C14H19NO3S/c1-3-8(2)12(14(17)18)15-13(16)11-7-9-5-4-6-10(9)19-11/h7-8,12H,3-6H2,1-2H3,(H,15,16)(H,17,18). The van der Waals surface area contributed by atoms with E-state index in [4.69, 9.17) is 0 Å². The minimum atomic E-state index is -0.966. The number of hydrogen-bond acceptors (Lipinski definition) is 3. The van der Waals surface area contributed by atoms with Gasteiger partial charge >= 0.3 is 5.97 Å². The maximum absolute atomic E-state index is 12.1. The molecule has 0 saturated carbocycles. The summed E-state index contributed by atoms with van der Waals surface area (Å²) in [6.07, 6.45) is 3.96. The Morgan fingerprint density at radius 2 is 2.21 bits per heavy atom. The topological polar surface area (TPSA) is 66.4 Å². The van der Waals surface area contributed by atoms with Gasteiger partial charge < -0.3 is 10.4 Å². The molecule has 1 aromatic heterocycles. The van der Waals surface area contributed by atoms with Crippen molar-refractivity contribution in [1.82, 2.24) is 5.32 Å². The zero-order valence-corrected chi connectivity index (χ0v) is 12.0. The van der Waals surface area contributed by atoms with Crippen LogP contribution in [0.2, 0.25) is 0 Å². The van der Waals surface area contributed by atoms with Gasteiger partial charge in [-0.2, -0.15) is 0 Å². The first-order valence-corrected chi connectivity index (χ1v) is 7.49. The lowest BCUT2D eigenvalue weighted by molar-refractivity contribution is -0.140. The molecular formula is C14H19NO3S. The van der Waals surface area contributed by atoms with Crippen LogP contribution in [-0.4, -0.2) is 23.0 Å². The monoisotopic (exact) mass is 281 g/mol. The van der Waals surface area contributed by atoms with Gasteiger partial charge in [-0.05, 0) is 36.8 Å². The Balaban J connectivity index is 2.08. The maximum atomic E-state index is 12.1. The number of carbonyl (C=O) groups excluding carboxylic acids is 1. The lowest BCUT2D eigenvalue weighted by Gasteiger charge is -2.19. The normalized spacial score (nSPS) is 16.7. The molecule has 1 aliphatic carbocycles. The van der Waals surface area contributed by atoms with Crippen LogP contribution in [0, 0.1) is 5.92 Å². The van der Waals surface area contributed by atoms with Gasteiger partial charge in [0.2, 0.25) is 0 Å². The van der Waals surface area contributed by atoms with E-state index in [0.29, 0.717) is 4.88 Å². The van der Waals surface area contributed by atoms with Crippen LogP contribution in [0.1, 0.15) is 46.8 Å². The highest BCUT2D eigenvalue weighted by atomic mass is 32.1. The molecule has 2 unspecified atom stereocenters. The van der Waals surface area contributed by atoms with Crippen LogP contribution in [0.3, 0.4) is 0 Å². The Bertz CT molecular complexity index is 473. The van der Waals surface area contributed by atoms with Gasteiger partial charge in [0.15, 0.2) is 0 Å². The van der Waals surface area contributed by atoms with Crippen LogP contribution in [0.5, 0.6) is 0 Å². The van der Waals surface area contributed by atoms with Crippen molar-refractivity contribution < 1.29 is 14.7 Å². The van der Waals surface area contributed by atoms with Gasteiger partial charge in [0.1, 0.15) is 6.04 Å². The second kappa shape index (κ2) is 5.74. The van der Waals surface area contributed by atoms with Gasteiger partial charge in [-0.3, -0.25) is 4.79 Å². The van der Waals surface area contributed by atoms with Crippen molar-refractivity contribution in [2.24, 2.45) is 5.92 Å². The van der Waals surface area contributed by atoms with Crippen LogP contribution in [0.4, 0.5) is 0 Å². The SMILES string of the molecule is CCC(C)C(NC(=O)c1cc2c(s1)CCC2)C(=O)O. The zero-order chi connectivity index (χ0) is 14.0. The number of carboxylic acids is 1. The first-order valence-electron chi connectivity index (χ1n) is 6.68. The smallest absolute Gasteiger partial charge is 0.326 e. The van der Waals surface area contributed by atoms with Gasteiger partial charge in [0.25, 0.3) is 5.91 Å². The van der Waals surface area contributed by atoms with Crippen molar-refractivity contribution in [1.29, 1.82) is 0 Å². The molecule has 0 spiro atoms. The molecule has 1 aromatic rings. The molecule has 1 aliphatic rings. The molecule has 2 atom stereocenters. The van der Waals surface area contributed by atoms with Crippen molar-refractivity contribution in [2.75, 3.05) is 0 Å². The minimum absolute atomic E-state index is 0.0757. The van der Waals surface area contributed by atoms with Gasteiger partial charge in [-0.15, -0.1) is 11.3 Å². The maximum Gasteiger partial charge on any atom is 0.326 e. The highest BCUT2D eigenvalue weighted by molar-refractivity contribution is 7.14. The average Bonchev–Trinajstić information content (AvgIpc) is 2.94. The molecule has 0 aromatic carbocycles. The largest absolute Gasteiger partial charge is 0.480 e. The highest BCUT2D eigenvalue weighted by Gasteiger charge is 2.27. The number of hydrogen-bond donors (Lipinski definition) is 2. The summed E-state index contributed by atoms with van der Waals surface area (Å²) in [5.41, 5.74) is 1.26. The number of carboxylic acid groups (broad SMARTS) is 1. The van der Waals surface area contributed by atoms with E-state index in [-0.39, 0.29) is 11.8 Å². The van der Waals surface area contributed by atoms with E-state index in [1.165, 1.54) is 21.8 Å². The van der Waals surface area contributed by atoms with Crippen molar-refractivity contribution >= 4 is 23.2 Å². The number of carbonyl (C=O) groups is 2. The first-order chi connectivity index (χ1) is 9.02. The van der Waals surface area contributed by atoms with Gasteiger partial charge in [-0.25, -0.2) is 4.79 Å². The lowest BCUT2D eigenvalue weighted by Crippen LogP contribution is -2.44. The fourth-order valence-electron chi connectivity index (χ4n) is 2.34. The quantitative estimate of drug-likeness (QED) is 0.871. The van der Waals surface area contributed by atoms with E-state index < -0.39 is 12.0 Å². The molecule has 0 radical (unpaired) electrons. The summed E-state index contributed by atoms with van der Waals surface area (Å²) >= 11 is 1.50. The molecule has 5 heteroatoms. The molecule has 2 N–H and O–H groups in total. The number of fused-ring (bicyclic) bond motifs is 1. The highest BCUT2D eigenvalue weighted by Crippen LogP contribution is 2.30. The minimum Gasteiger partial charge on any atom is -0.480 e.